The van der Waals surface area contributed by atoms with Crippen LogP contribution in [0.2, 0.25) is 0 Å². The van der Waals surface area contributed by atoms with E-state index in [9.17, 15) is 24.0 Å². The molecule has 0 saturated carbocycles. The smallest absolute Gasteiger partial charge is 0.436 e. The quantitative estimate of drug-likeness (QED) is 0.0915. The molecule has 2 heterocycles. The summed E-state index contributed by atoms with van der Waals surface area (Å²) in [6.07, 6.45) is 0.763. The van der Waals surface area contributed by atoms with E-state index < -0.39 is 11.7 Å². The van der Waals surface area contributed by atoms with Gasteiger partial charge in [0, 0.05) is 40.9 Å². The first-order valence-corrected chi connectivity index (χ1v) is 19.3. The maximum atomic E-state index is 12.6. The Bertz CT molecular complexity index is 1700. The van der Waals surface area contributed by atoms with E-state index in [1.807, 2.05) is 62.7 Å². The summed E-state index contributed by atoms with van der Waals surface area (Å²) in [5.41, 5.74) is 6.53. The number of nitrogens with two attached hydrogens (primary N) is 1. The van der Waals surface area contributed by atoms with Crippen LogP contribution in [0.4, 0.5) is 4.79 Å². The summed E-state index contributed by atoms with van der Waals surface area (Å²) in [6.45, 7) is 18.1. The largest absolute Gasteiger partial charge is 0.457 e. The van der Waals surface area contributed by atoms with Crippen molar-refractivity contribution in [1.82, 2.24) is 20.9 Å². The van der Waals surface area contributed by atoms with Crippen molar-refractivity contribution in [3.05, 3.63) is 82.0 Å². The standard InChI is InChI=1S/C20H32N4O3S.C15H13NO3.C4H9NO2.C2H6/c1-12-20(5,6)9-15(24(12)7)17(25)22-10-14-8-13(11-28-14)16(21)23-18(26)27-19(2,3)4;17-11-10-16-15(18)12-6-8-14(9-7-12)19-13-4-2-1-3-5-13;1-4(7)5-2-3-6;1-2/h8,11-12,15H,9-10H2,1-7H3,(H,22,25)(H2,21,23,26);1-9,11H,10H2,(H,16,18);6H,2-3H2,1H3,(H,5,7);1-2H3. The summed E-state index contributed by atoms with van der Waals surface area (Å²) in [6, 6.07) is 18.2. The van der Waals surface area contributed by atoms with Crippen LogP contribution in [0, 0.1) is 5.41 Å². The van der Waals surface area contributed by atoms with Crippen molar-refractivity contribution in [2.45, 2.75) is 93.0 Å². The number of amides is 4. The fourth-order valence-corrected chi connectivity index (χ4v) is 5.84. The van der Waals surface area contributed by atoms with Crippen LogP contribution in [-0.4, -0.2) is 90.4 Å². The molecule has 0 radical (unpaired) electrons. The minimum atomic E-state index is -0.716. The first-order chi connectivity index (χ1) is 26.4. The van der Waals surface area contributed by atoms with Gasteiger partial charge in [-0.05, 0) is 89.0 Å². The molecule has 6 N–H and O–H groups in total. The Morgan fingerprint density at radius 1 is 1.00 bits per heavy atom. The summed E-state index contributed by atoms with van der Waals surface area (Å²) in [5, 5.41) is 17.8. The van der Waals surface area contributed by atoms with Crippen molar-refractivity contribution in [2.24, 2.45) is 16.1 Å². The van der Waals surface area contributed by atoms with E-state index in [0.717, 1.165) is 17.0 Å². The van der Waals surface area contributed by atoms with Gasteiger partial charge in [0.05, 0.1) is 25.7 Å². The number of aliphatic hydroxyl groups is 1. The van der Waals surface area contributed by atoms with Gasteiger partial charge in [-0.25, -0.2) is 4.79 Å². The van der Waals surface area contributed by atoms with E-state index in [0.29, 0.717) is 42.3 Å². The van der Waals surface area contributed by atoms with Crippen molar-refractivity contribution in [3.63, 3.8) is 0 Å². The lowest BCUT2D eigenvalue weighted by atomic mass is 9.84. The summed E-state index contributed by atoms with van der Waals surface area (Å²) in [4.78, 5) is 63.0. The third kappa shape index (κ3) is 18.0. The highest BCUT2D eigenvalue weighted by Crippen LogP contribution is 2.39. The van der Waals surface area contributed by atoms with Crippen LogP contribution >= 0.6 is 11.3 Å². The Hall–Kier alpha value is -5.12. The van der Waals surface area contributed by atoms with Crippen molar-refractivity contribution >= 4 is 47.3 Å². The van der Waals surface area contributed by atoms with Gasteiger partial charge in [0.1, 0.15) is 29.2 Å². The van der Waals surface area contributed by atoms with Crippen LogP contribution in [0.3, 0.4) is 0 Å². The monoisotopic (exact) mass is 796 g/mol. The minimum Gasteiger partial charge on any atom is -0.457 e. The highest BCUT2D eigenvalue weighted by atomic mass is 32.1. The van der Waals surface area contributed by atoms with Gasteiger partial charge in [0.2, 0.25) is 11.8 Å². The molecule has 4 amide bonds. The van der Waals surface area contributed by atoms with Crippen LogP contribution in [0.5, 0.6) is 11.5 Å². The molecule has 0 bridgehead atoms. The number of benzene rings is 2. The normalized spacial score (nSPS) is 15.9. The van der Waals surface area contributed by atoms with Gasteiger partial charge >= 0.3 is 6.09 Å². The van der Waals surface area contributed by atoms with Gasteiger partial charge in [-0.2, -0.15) is 4.99 Å². The van der Waals surface area contributed by atoms with Gasteiger partial charge in [-0.1, -0.05) is 45.9 Å². The Morgan fingerprint density at radius 3 is 2.11 bits per heavy atom. The molecule has 1 aliphatic rings. The summed E-state index contributed by atoms with van der Waals surface area (Å²) >= 11 is 1.46. The number of ether oxygens (including phenoxy) is 2. The number of hydrogen-bond donors (Lipinski definition) is 5. The number of likely N-dealkylation sites (N-methyl/N-ethyl adjacent to an activating group) is 1. The Kier molecular flexibility index (Phi) is 21.3. The van der Waals surface area contributed by atoms with Crippen LogP contribution in [0.15, 0.2) is 71.0 Å². The molecule has 1 fully saturated rings. The second-order valence-electron chi connectivity index (χ2n) is 14.1. The van der Waals surface area contributed by atoms with Gasteiger partial charge in [0.15, 0.2) is 0 Å². The number of amidine groups is 1. The summed E-state index contributed by atoms with van der Waals surface area (Å²) < 4.78 is 10.7. The molecule has 1 saturated heterocycles. The lowest BCUT2D eigenvalue weighted by molar-refractivity contribution is -0.125. The molecule has 56 heavy (non-hydrogen) atoms. The molecule has 308 valence electrons. The zero-order valence-corrected chi connectivity index (χ0v) is 35.1. The minimum absolute atomic E-state index is 0.0135. The number of thiophene rings is 1. The first kappa shape index (κ1) is 48.9. The van der Waals surface area contributed by atoms with E-state index in [4.69, 9.17) is 20.3 Å². The third-order valence-corrected chi connectivity index (χ3v) is 9.11. The number of hydrogen-bond acceptors (Lipinski definition) is 10. The SMILES string of the molecule is CC.CC(=O)NCCO.CC1N(C)C(C(=O)NCc2cc(/C(N)=N/C(=O)OC(C)(C)C)cs2)CC1(C)C.O=CCNC(=O)c1ccc(Oc2ccccc2)cc1. The molecule has 14 nitrogen and oxygen atoms in total. The number of nitrogens with one attached hydrogen (secondary N) is 3. The zero-order valence-electron chi connectivity index (χ0n) is 34.3. The molecule has 1 aliphatic heterocycles. The molecule has 2 unspecified atom stereocenters. The molecule has 0 aliphatic carbocycles. The number of carbonyl (C=O) groups excluding carboxylic acids is 5. The van der Waals surface area contributed by atoms with Crippen LogP contribution in [0.1, 0.15) is 89.5 Å². The van der Waals surface area contributed by atoms with Crippen molar-refractivity contribution < 1.29 is 38.6 Å². The fourth-order valence-electron chi connectivity index (χ4n) is 5.03. The number of aliphatic hydroxyl groups excluding tert-OH is 1. The van der Waals surface area contributed by atoms with Crippen LogP contribution < -0.4 is 26.4 Å². The van der Waals surface area contributed by atoms with Gasteiger partial charge in [0.25, 0.3) is 5.91 Å². The number of aldehydes is 1. The number of likely N-dealkylation sites (tertiary alicyclic amines) is 1. The van der Waals surface area contributed by atoms with Gasteiger partial charge in [-0.15, -0.1) is 11.3 Å². The fraction of sp³-hybridized carbons (Fsp3) is 0.463. The van der Waals surface area contributed by atoms with E-state index >= 15 is 0 Å². The highest BCUT2D eigenvalue weighted by Gasteiger charge is 2.44. The number of carbonyl (C=O) groups is 5. The number of aliphatic imine (C=N–C) groups is 1. The molecule has 1 aromatic heterocycles. The lowest BCUT2D eigenvalue weighted by Gasteiger charge is -2.27. The Morgan fingerprint density at radius 2 is 1.61 bits per heavy atom. The predicted molar refractivity (Wildman–Crippen MR) is 221 cm³/mol. The molecule has 3 aromatic rings. The van der Waals surface area contributed by atoms with E-state index in [1.165, 1.54) is 18.3 Å². The second kappa shape index (κ2) is 24.4. The predicted octanol–water partition coefficient (Wildman–Crippen LogP) is 5.67. The average Bonchev–Trinajstić information content (AvgIpc) is 3.72. The lowest BCUT2D eigenvalue weighted by Crippen LogP contribution is -2.43. The maximum Gasteiger partial charge on any atom is 0.436 e. The number of nitrogens with zero attached hydrogens (tertiary/aromatic N) is 2. The van der Waals surface area contributed by atoms with Crippen LogP contribution in [-0.2, 0) is 25.7 Å². The van der Waals surface area contributed by atoms with Crippen LogP contribution in [0.25, 0.3) is 0 Å². The van der Waals surface area contributed by atoms with Gasteiger partial charge in [-0.3, -0.25) is 19.3 Å². The number of para-hydroxylation sites is 1. The van der Waals surface area contributed by atoms with Crippen molar-refractivity contribution in [1.29, 1.82) is 0 Å². The molecular formula is C41H60N6O8S. The zero-order chi connectivity index (χ0) is 42.5. The van der Waals surface area contributed by atoms with Gasteiger partial charge < -0.3 is 41.1 Å². The van der Waals surface area contributed by atoms with Crippen molar-refractivity contribution in [3.8, 4) is 11.5 Å². The summed E-state index contributed by atoms with van der Waals surface area (Å²) in [7, 11) is 2.00. The topological polar surface area (TPSA) is 202 Å². The molecule has 2 aromatic carbocycles. The molecule has 4 rings (SSSR count). The average molecular weight is 797 g/mol. The molecule has 0 spiro atoms. The highest BCUT2D eigenvalue weighted by molar-refractivity contribution is 7.10. The van der Waals surface area contributed by atoms with E-state index in [1.54, 1.807) is 45.0 Å². The Labute approximate surface area is 335 Å². The second-order valence-corrected chi connectivity index (χ2v) is 15.1. The molecule has 2 atom stereocenters. The first-order valence-electron chi connectivity index (χ1n) is 18.4. The third-order valence-electron chi connectivity index (χ3n) is 8.17. The molecule has 15 heteroatoms. The van der Waals surface area contributed by atoms with E-state index in [2.05, 4.69) is 46.6 Å². The molecular weight excluding hydrogens is 737 g/mol. The number of rotatable bonds is 11. The summed E-state index contributed by atoms with van der Waals surface area (Å²) in [5.74, 6) is 1.14. The van der Waals surface area contributed by atoms with E-state index in [-0.39, 0.29) is 48.2 Å². The maximum absolute atomic E-state index is 12.6. The Balaban J connectivity index is 0.000000481. The van der Waals surface area contributed by atoms with Crippen molar-refractivity contribution in [2.75, 3.05) is 26.7 Å².